The normalized spacial score (nSPS) is 16.5. The molecule has 0 amide bonds. The zero-order valence-corrected chi connectivity index (χ0v) is 11.3. The molecule has 5 nitrogen and oxygen atoms in total. The average molecular weight is 286 g/mol. The number of pyridine rings is 1. The lowest BCUT2D eigenvalue weighted by molar-refractivity contribution is 0.318. The van der Waals surface area contributed by atoms with Crippen molar-refractivity contribution < 1.29 is 9.60 Å². The zero-order valence-electron chi connectivity index (χ0n) is 11.3. The van der Waals surface area contributed by atoms with Crippen molar-refractivity contribution in [2.75, 3.05) is 5.32 Å². The van der Waals surface area contributed by atoms with Gasteiger partial charge < -0.3 is 16.3 Å². The van der Waals surface area contributed by atoms with Crippen LogP contribution in [0.4, 0.5) is 10.2 Å². The minimum atomic E-state index is -0.378. The van der Waals surface area contributed by atoms with Crippen LogP contribution in [0.5, 0.6) is 0 Å². The molecule has 21 heavy (non-hydrogen) atoms. The minimum absolute atomic E-state index is 0.00397. The fourth-order valence-corrected chi connectivity index (χ4v) is 2.36. The van der Waals surface area contributed by atoms with Gasteiger partial charge in [0.25, 0.3) is 0 Å². The summed E-state index contributed by atoms with van der Waals surface area (Å²) in [6.07, 6.45) is 3.23. The van der Waals surface area contributed by atoms with Crippen molar-refractivity contribution in [1.82, 2.24) is 4.98 Å². The molecular formula is C15H15FN4O. The van der Waals surface area contributed by atoms with E-state index in [4.69, 9.17) is 10.9 Å². The van der Waals surface area contributed by atoms with Crippen molar-refractivity contribution in [1.29, 1.82) is 0 Å². The van der Waals surface area contributed by atoms with Crippen molar-refractivity contribution in [3.05, 3.63) is 59.5 Å². The van der Waals surface area contributed by atoms with E-state index in [0.29, 0.717) is 16.9 Å². The predicted molar refractivity (Wildman–Crippen MR) is 77.7 cm³/mol. The van der Waals surface area contributed by atoms with Crippen molar-refractivity contribution >= 4 is 11.7 Å². The zero-order chi connectivity index (χ0) is 14.9. The second-order valence-corrected chi connectivity index (χ2v) is 5.10. The Morgan fingerprint density at radius 3 is 2.62 bits per heavy atom. The third-order valence-corrected chi connectivity index (χ3v) is 3.67. The van der Waals surface area contributed by atoms with E-state index in [1.165, 1.54) is 12.3 Å². The number of amidine groups is 1. The van der Waals surface area contributed by atoms with E-state index >= 15 is 0 Å². The van der Waals surface area contributed by atoms with Crippen LogP contribution >= 0.6 is 0 Å². The maximum absolute atomic E-state index is 13.9. The number of benzene rings is 1. The number of halogens is 1. The largest absolute Gasteiger partial charge is 0.409 e. The van der Waals surface area contributed by atoms with Gasteiger partial charge in [0.1, 0.15) is 11.6 Å². The molecule has 0 aliphatic heterocycles. The first-order chi connectivity index (χ1) is 10.1. The lowest BCUT2D eigenvalue weighted by Crippen LogP contribution is -2.21. The molecule has 1 aliphatic rings. The maximum Gasteiger partial charge on any atom is 0.171 e. The Labute approximate surface area is 121 Å². The number of nitrogens with zero attached hydrogens (tertiary/aromatic N) is 2. The second kappa shape index (κ2) is 5.05. The van der Waals surface area contributed by atoms with Crippen LogP contribution in [-0.2, 0) is 5.54 Å². The molecule has 1 aliphatic carbocycles. The number of aromatic nitrogens is 1. The first-order valence-corrected chi connectivity index (χ1v) is 6.62. The highest BCUT2D eigenvalue weighted by Crippen LogP contribution is 2.48. The molecule has 0 unspecified atom stereocenters. The van der Waals surface area contributed by atoms with E-state index in [1.54, 1.807) is 24.3 Å². The van der Waals surface area contributed by atoms with E-state index in [0.717, 1.165) is 12.8 Å². The summed E-state index contributed by atoms with van der Waals surface area (Å²) < 4.78 is 13.9. The van der Waals surface area contributed by atoms with Gasteiger partial charge in [0.2, 0.25) is 0 Å². The maximum atomic E-state index is 13.9. The third-order valence-electron chi connectivity index (χ3n) is 3.67. The molecule has 0 radical (unpaired) electrons. The average Bonchev–Trinajstić information content (AvgIpc) is 3.28. The Morgan fingerprint density at radius 2 is 2.05 bits per heavy atom. The monoisotopic (exact) mass is 286 g/mol. The van der Waals surface area contributed by atoms with E-state index in [2.05, 4.69) is 15.5 Å². The van der Waals surface area contributed by atoms with Gasteiger partial charge in [-0.05, 0) is 31.0 Å². The standard InChI is InChI=1S/C15H15FN4O/c16-12-4-2-1-3-11(12)15(7-8-15)19-13-6-5-10(9-18-13)14(17)20-21/h1-6,9,21H,7-8H2,(H2,17,20)(H,18,19). The first kappa shape index (κ1) is 13.4. The van der Waals surface area contributed by atoms with Crippen molar-refractivity contribution in [2.45, 2.75) is 18.4 Å². The lowest BCUT2D eigenvalue weighted by atomic mass is 10.0. The van der Waals surface area contributed by atoms with Gasteiger partial charge in [-0.15, -0.1) is 0 Å². The van der Waals surface area contributed by atoms with Gasteiger partial charge >= 0.3 is 0 Å². The van der Waals surface area contributed by atoms with Crippen molar-refractivity contribution in [2.24, 2.45) is 10.9 Å². The molecule has 2 aromatic rings. The van der Waals surface area contributed by atoms with Gasteiger partial charge in [0, 0.05) is 17.3 Å². The Morgan fingerprint density at radius 1 is 1.29 bits per heavy atom. The lowest BCUT2D eigenvalue weighted by Gasteiger charge is -2.19. The highest BCUT2D eigenvalue weighted by atomic mass is 19.1. The number of hydrogen-bond donors (Lipinski definition) is 3. The third kappa shape index (κ3) is 2.52. The molecule has 1 heterocycles. The summed E-state index contributed by atoms with van der Waals surface area (Å²) in [5.74, 6) is 0.422. The van der Waals surface area contributed by atoms with Gasteiger partial charge in [0.15, 0.2) is 5.84 Å². The molecule has 0 spiro atoms. The molecule has 108 valence electrons. The molecule has 0 atom stereocenters. The van der Waals surface area contributed by atoms with Gasteiger partial charge in [-0.25, -0.2) is 9.37 Å². The van der Waals surface area contributed by atoms with Crippen LogP contribution in [-0.4, -0.2) is 16.0 Å². The van der Waals surface area contributed by atoms with Crippen molar-refractivity contribution in [3.63, 3.8) is 0 Å². The van der Waals surface area contributed by atoms with E-state index in [-0.39, 0.29) is 17.2 Å². The van der Waals surface area contributed by atoms with Crippen LogP contribution in [0.1, 0.15) is 24.0 Å². The molecule has 1 fully saturated rings. The first-order valence-electron chi connectivity index (χ1n) is 6.62. The van der Waals surface area contributed by atoms with Crippen LogP contribution in [0.25, 0.3) is 0 Å². The molecule has 6 heteroatoms. The van der Waals surface area contributed by atoms with E-state index in [9.17, 15) is 4.39 Å². The molecule has 1 aromatic carbocycles. The Hall–Kier alpha value is -2.63. The van der Waals surface area contributed by atoms with Gasteiger partial charge in [-0.3, -0.25) is 0 Å². The van der Waals surface area contributed by atoms with E-state index < -0.39 is 0 Å². The highest BCUT2D eigenvalue weighted by Gasteiger charge is 2.46. The number of oxime groups is 1. The summed E-state index contributed by atoms with van der Waals surface area (Å²) in [6, 6.07) is 10.2. The molecule has 1 saturated carbocycles. The summed E-state index contributed by atoms with van der Waals surface area (Å²) in [5, 5.41) is 14.8. The summed E-state index contributed by atoms with van der Waals surface area (Å²) in [4.78, 5) is 4.22. The summed E-state index contributed by atoms with van der Waals surface area (Å²) >= 11 is 0. The van der Waals surface area contributed by atoms with Crippen LogP contribution in [0, 0.1) is 5.82 Å². The van der Waals surface area contributed by atoms with Crippen LogP contribution < -0.4 is 11.1 Å². The van der Waals surface area contributed by atoms with E-state index in [1.807, 2.05) is 6.07 Å². The highest BCUT2D eigenvalue weighted by molar-refractivity contribution is 5.96. The van der Waals surface area contributed by atoms with Gasteiger partial charge in [-0.2, -0.15) is 0 Å². The van der Waals surface area contributed by atoms with Gasteiger partial charge in [0.05, 0.1) is 5.54 Å². The van der Waals surface area contributed by atoms with Crippen LogP contribution in [0.15, 0.2) is 47.8 Å². The second-order valence-electron chi connectivity index (χ2n) is 5.10. The number of nitrogens with one attached hydrogen (secondary N) is 1. The fraction of sp³-hybridized carbons (Fsp3) is 0.200. The van der Waals surface area contributed by atoms with Crippen LogP contribution in [0.2, 0.25) is 0 Å². The summed E-state index contributed by atoms with van der Waals surface area (Å²) in [7, 11) is 0. The topological polar surface area (TPSA) is 83.5 Å². The molecule has 0 saturated heterocycles. The van der Waals surface area contributed by atoms with Crippen molar-refractivity contribution in [3.8, 4) is 0 Å². The molecule has 1 aromatic heterocycles. The quantitative estimate of drug-likeness (QED) is 0.349. The van der Waals surface area contributed by atoms with Crippen LogP contribution in [0.3, 0.4) is 0 Å². The number of anilines is 1. The molecule has 0 bridgehead atoms. The SMILES string of the molecule is NC(=NO)c1ccc(NC2(c3ccccc3F)CC2)nc1. The number of rotatable bonds is 4. The Kier molecular flexibility index (Phi) is 3.21. The minimum Gasteiger partial charge on any atom is -0.409 e. The van der Waals surface area contributed by atoms with Gasteiger partial charge in [-0.1, -0.05) is 23.4 Å². The predicted octanol–water partition coefficient (Wildman–Crippen LogP) is 2.42. The number of nitrogens with two attached hydrogens (primary N) is 1. The summed E-state index contributed by atoms with van der Waals surface area (Å²) in [6.45, 7) is 0. The Bertz CT molecular complexity index is 680. The fourth-order valence-electron chi connectivity index (χ4n) is 2.36. The smallest absolute Gasteiger partial charge is 0.171 e. The molecule has 3 rings (SSSR count). The summed E-state index contributed by atoms with van der Waals surface area (Å²) in [5.41, 5.74) is 6.29. The molecular weight excluding hydrogens is 271 g/mol. The number of hydrogen-bond acceptors (Lipinski definition) is 4. The Balaban J connectivity index is 1.82. The molecule has 4 N–H and O–H groups in total.